The van der Waals surface area contributed by atoms with Crippen molar-refractivity contribution in [1.82, 2.24) is 19.9 Å². The molecular formula is C29H28N6. The van der Waals surface area contributed by atoms with E-state index in [0.717, 1.165) is 50.6 Å². The number of fused-ring (bicyclic) bond motifs is 2. The van der Waals surface area contributed by atoms with Crippen molar-refractivity contribution in [2.24, 2.45) is 16.8 Å². The second-order valence-corrected chi connectivity index (χ2v) is 10.2. The summed E-state index contributed by atoms with van der Waals surface area (Å²) in [6, 6.07) is 20.9. The summed E-state index contributed by atoms with van der Waals surface area (Å²) >= 11 is 0. The lowest BCUT2D eigenvalue weighted by atomic mass is 9.70. The summed E-state index contributed by atoms with van der Waals surface area (Å²) in [5, 5.41) is 1.11. The van der Waals surface area contributed by atoms with Crippen LogP contribution in [0, 0.1) is 11.8 Å². The Hall–Kier alpha value is -3.64. The van der Waals surface area contributed by atoms with Gasteiger partial charge in [-0.2, -0.15) is 0 Å². The zero-order chi connectivity index (χ0) is 23.4. The predicted octanol–water partition coefficient (Wildman–Crippen LogP) is 4.90. The molecule has 1 aliphatic carbocycles. The molecule has 4 aromatic rings. The molecule has 0 amide bonds. The smallest absolute Gasteiger partial charge is 0.136 e. The van der Waals surface area contributed by atoms with E-state index in [2.05, 4.69) is 57.3 Å². The fourth-order valence-electron chi connectivity index (χ4n) is 5.85. The number of anilines is 1. The molecule has 1 atom stereocenters. The summed E-state index contributed by atoms with van der Waals surface area (Å²) in [5.41, 5.74) is 13.3. The maximum Gasteiger partial charge on any atom is 0.136 e. The minimum Gasteiger partial charge on any atom is -0.383 e. The van der Waals surface area contributed by atoms with E-state index in [9.17, 15) is 0 Å². The van der Waals surface area contributed by atoms with Gasteiger partial charge < -0.3 is 10.6 Å². The average Bonchev–Trinajstić information content (AvgIpc) is 3.22. The Balaban J connectivity index is 1.23. The molecule has 0 unspecified atom stereocenters. The van der Waals surface area contributed by atoms with Crippen molar-refractivity contribution in [1.29, 1.82) is 0 Å². The van der Waals surface area contributed by atoms with E-state index in [0.29, 0.717) is 11.7 Å². The largest absolute Gasteiger partial charge is 0.383 e. The number of aliphatic imine (C=N–C) groups is 1. The van der Waals surface area contributed by atoms with Gasteiger partial charge in [-0.05, 0) is 56.3 Å². The Labute approximate surface area is 205 Å². The first-order valence-corrected chi connectivity index (χ1v) is 12.6. The number of aromatic nitrogens is 3. The summed E-state index contributed by atoms with van der Waals surface area (Å²) < 4.78 is 0. The van der Waals surface area contributed by atoms with Gasteiger partial charge in [0.2, 0.25) is 0 Å². The number of nitrogen functional groups attached to an aromatic ring is 1. The van der Waals surface area contributed by atoms with Gasteiger partial charge in [0.05, 0.1) is 34.2 Å². The Morgan fingerprint density at radius 3 is 2.54 bits per heavy atom. The monoisotopic (exact) mass is 460 g/mol. The normalized spacial score (nSPS) is 23.4. The van der Waals surface area contributed by atoms with Crippen molar-refractivity contribution in [3.05, 3.63) is 83.8 Å². The molecule has 3 aliphatic rings. The van der Waals surface area contributed by atoms with E-state index in [1.54, 1.807) is 6.33 Å². The van der Waals surface area contributed by atoms with Crippen LogP contribution in [0.4, 0.5) is 5.82 Å². The quantitative estimate of drug-likeness (QED) is 0.458. The topological polar surface area (TPSA) is 80.3 Å². The molecule has 7 rings (SSSR count). The molecule has 4 heterocycles. The molecule has 2 aromatic carbocycles. The summed E-state index contributed by atoms with van der Waals surface area (Å²) in [5.74, 6) is 1.82. The maximum atomic E-state index is 6.40. The Bertz CT molecular complexity index is 1440. The number of likely N-dealkylation sites (tertiary alicyclic amines) is 1. The van der Waals surface area contributed by atoms with Gasteiger partial charge >= 0.3 is 0 Å². The van der Waals surface area contributed by atoms with Crippen LogP contribution < -0.4 is 5.73 Å². The van der Waals surface area contributed by atoms with E-state index in [1.807, 2.05) is 18.2 Å². The molecule has 0 bridgehead atoms. The van der Waals surface area contributed by atoms with Gasteiger partial charge in [-0.25, -0.2) is 15.0 Å². The zero-order valence-corrected chi connectivity index (χ0v) is 19.6. The summed E-state index contributed by atoms with van der Waals surface area (Å²) in [6.07, 6.45) is 5.36. The number of benzene rings is 2. The molecule has 2 aromatic heterocycles. The van der Waals surface area contributed by atoms with Gasteiger partial charge in [-0.15, -0.1) is 0 Å². The van der Waals surface area contributed by atoms with Gasteiger partial charge in [0.15, 0.2) is 0 Å². The van der Waals surface area contributed by atoms with Crippen LogP contribution in [0.3, 0.4) is 0 Å². The van der Waals surface area contributed by atoms with Crippen molar-refractivity contribution < 1.29 is 0 Å². The van der Waals surface area contributed by atoms with Crippen LogP contribution in [0.2, 0.25) is 0 Å². The number of pyridine rings is 1. The third-order valence-corrected chi connectivity index (χ3v) is 7.91. The molecule has 2 N–H and O–H groups in total. The van der Waals surface area contributed by atoms with Crippen molar-refractivity contribution in [2.75, 3.05) is 25.4 Å². The highest BCUT2D eigenvalue weighted by molar-refractivity contribution is 6.18. The third kappa shape index (κ3) is 3.60. The van der Waals surface area contributed by atoms with E-state index in [4.69, 9.17) is 15.7 Å². The van der Waals surface area contributed by atoms with Crippen molar-refractivity contribution >= 4 is 22.4 Å². The number of nitrogens with two attached hydrogens (primary N) is 1. The lowest BCUT2D eigenvalue weighted by Crippen LogP contribution is -2.44. The molecule has 1 saturated heterocycles. The molecule has 2 aliphatic heterocycles. The third-order valence-electron chi connectivity index (χ3n) is 7.91. The molecule has 1 saturated carbocycles. The highest BCUT2D eigenvalue weighted by Crippen LogP contribution is 2.48. The average molecular weight is 461 g/mol. The van der Waals surface area contributed by atoms with Crippen LogP contribution >= 0.6 is 0 Å². The van der Waals surface area contributed by atoms with E-state index in [1.165, 1.54) is 38.9 Å². The predicted molar refractivity (Wildman–Crippen MR) is 139 cm³/mol. The summed E-state index contributed by atoms with van der Waals surface area (Å²) in [6.45, 7) is 3.77. The lowest BCUT2D eigenvalue weighted by Gasteiger charge is -2.43. The van der Waals surface area contributed by atoms with Crippen LogP contribution in [-0.4, -0.2) is 45.2 Å². The Morgan fingerprint density at radius 1 is 0.914 bits per heavy atom. The van der Waals surface area contributed by atoms with E-state index in [-0.39, 0.29) is 6.04 Å². The number of hydrogen-bond donors (Lipinski definition) is 1. The number of hydrogen-bond acceptors (Lipinski definition) is 6. The van der Waals surface area contributed by atoms with Crippen LogP contribution in [0.1, 0.15) is 42.1 Å². The fourth-order valence-corrected chi connectivity index (χ4v) is 5.85. The standard InChI is InChI=1S/C29H28N6/c30-29-25-26(21-8-7-20-9-10-23(33-24(20)15-21)19-5-2-1-3-6-19)34-27(28(25)31-17-32-29)22-13-18(14-22)16-35-11-4-12-35/h1-3,5-10,15,17-18,22,27H,4,11-14,16H2,(H2,30,31,32)/t18?,22?,27-/m1/s1. The molecule has 6 heteroatoms. The highest BCUT2D eigenvalue weighted by Gasteiger charge is 2.42. The fraction of sp³-hybridized carbons (Fsp3) is 0.310. The van der Waals surface area contributed by atoms with Gasteiger partial charge in [0, 0.05) is 23.1 Å². The molecule has 35 heavy (non-hydrogen) atoms. The first-order valence-electron chi connectivity index (χ1n) is 12.6. The van der Waals surface area contributed by atoms with Crippen molar-refractivity contribution in [3.63, 3.8) is 0 Å². The van der Waals surface area contributed by atoms with Crippen LogP contribution in [0.5, 0.6) is 0 Å². The summed E-state index contributed by atoms with van der Waals surface area (Å²) in [7, 11) is 0. The molecule has 174 valence electrons. The maximum absolute atomic E-state index is 6.40. The zero-order valence-electron chi connectivity index (χ0n) is 19.6. The van der Waals surface area contributed by atoms with Crippen LogP contribution in [0.25, 0.3) is 22.2 Å². The SMILES string of the molecule is Nc1ncnc2c1C(c1ccc3ccc(-c4ccccc4)nc3c1)=N[C@@H]2C1CC(CN2CCC2)C1. The van der Waals surface area contributed by atoms with Crippen molar-refractivity contribution in [3.8, 4) is 11.3 Å². The van der Waals surface area contributed by atoms with Crippen molar-refractivity contribution in [2.45, 2.75) is 25.3 Å². The van der Waals surface area contributed by atoms with E-state index < -0.39 is 0 Å². The summed E-state index contributed by atoms with van der Waals surface area (Å²) in [4.78, 5) is 21.8. The molecule has 0 radical (unpaired) electrons. The second kappa shape index (κ2) is 8.24. The first-order chi connectivity index (χ1) is 17.2. The van der Waals surface area contributed by atoms with Crippen LogP contribution in [-0.2, 0) is 0 Å². The molecule has 2 fully saturated rings. The molecule has 0 spiro atoms. The highest BCUT2D eigenvalue weighted by atomic mass is 15.2. The Kier molecular flexibility index (Phi) is 4.87. The number of rotatable bonds is 5. The minimum absolute atomic E-state index is 0.0669. The van der Waals surface area contributed by atoms with Gasteiger partial charge in [0.25, 0.3) is 0 Å². The van der Waals surface area contributed by atoms with Gasteiger partial charge in [0.1, 0.15) is 12.1 Å². The molecule has 6 nitrogen and oxygen atoms in total. The van der Waals surface area contributed by atoms with Crippen LogP contribution in [0.15, 0.2) is 72.0 Å². The van der Waals surface area contributed by atoms with Gasteiger partial charge in [-0.1, -0.05) is 48.5 Å². The number of nitrogens with zero attached hydrogens (tertiary/aromatic N) is 5. The second-order valence-electron chi connectivity index (χ2n) is 10.2. The van der Waals surface area contributed by atoms with Gasteiger partial charge in [-0.3, -0.25) is 4.99 Å². The first kappa shape index (κ1) is 20.7. The minimum atomic E-state index is 0.0669. The van der Waals surface area contributed by atoms with E-state index >= 15 is 0 Å². The Morgan fingerprint density at radius 2 is 1.74 bits per heavy atom. The lowest BCUT2D eigenvalue weighted by molar-refractivity contribution is 0.0767. The molecular weight excluding hydrogens is 432 g/mol.